The summed E-state index contributed by atoms with van der Waals surface area (Å²) in [6.07, 6.45) is 2.62. The van der Waals surface area contributed by atoms with Gasteiger partial charge in [0.25, 0.3) is 0 Å². The Labute approximate surface area is 72.6 Å². The summed E-state index contributed by atoms with van der Waals surface area (Å²) in [7, 11) is 0. The van der Waals surface area contributed by atoms with Crippen molar-refractivity contribution in [2.75, 3.05) is 18.9 Å². The summed E-state index contributed by atoms with van der Waals surface area (Å²) < 4.78 is 5.22. The van der Waals surface area contributed by atoms with Crippen LogP contribution < -0.4 is 5.73 Å². The van der Waals surface area contributed by atoms with Crippen LogP contribution >= 0.6 is 0 Å². The topological polar surface area (TPSA) is 48.1 Å². The second kappa shape index (κ2) is 4.72. The minimum absolute atomic E-state index is 0.573. The highest BCUT2D eigenvalue weighted by Crippen LogP contribution is 2.03. The molecule has 0 radical (unpaired) electrons. The van der Waals surface area contributed by atoms with Crippen molar-refractivity contribution in [3.8, 4) is 0 Å². The zero-order chi connectivity index (χ0) is 8.81. The molecule has 0 spiro atoms. The molecule has 12 heavy (non-hydrogen) atoms. The summed E-state index contributed by atoms with van der Waals surface area (Å²) in [6, 6.07) is 3.83. The van der Waals surface area contributed by atoms with Crippen LogP contribution in [0.5, 0.6) is 0 Å². The molecular formula is C9H14N2O. The monoisotopic (exact) mass is 166 g/mol. The highest BCUT2D eigenvalue weighted by Gasteiger charge is 1.93. The molecule has 0 saturated heterocycles. The lowest BCUT2D eigenvalue weighted by Gasteiger charge is -2.01. The lowest BCUT2D eigenvalue weighted by molar-refractivity contribution is 0.151. The first-order valence-electron chi connectivity index (χ1n) is 4.11. The van der Waals surface area contributed by atoms with Crippen molar-refractivity contribution in [2.45, 2.75) is 13.3 Å². The second-order valence-electron chi connectivity index (χ2n) is 2.54. The van der Waals surface area contributed by atoms with Crippen molar-refractivity contribution in [3.05, 3.63) is 23.9 Å². The van der Waals surface area contributed by atoms with E-state index in [0.29, 0.717) is 5.82 Å². The number of nitrogen functional groups attached to an aromatic ring is 1. The first-order chi connectivity index (χ1) is 5.83. The van der Waals surface area contributed by atoms with E-state index >= 15 is 0 Å². The summed E-state index contributed by atoms with van der Waals surface area (Å²) in [5.41, 5.74) is 6.69. The van der Waals surface area contributed by atoms with Gasteiger partial charge in [-0.05, 0) is 31.0 Å². The number of hydrogen-bond donors (Lipinski definition) is 1. The van der Waals surface area contributed by atoms with Crippen molar-refractivity contribution in [1.82, 2.24) is 4.98 Å². The summed E-state index contributed by atoms with van der Waals surface area (Å²) in [6.45, 7) is 3.50. The molecule has 2 N–H and O–H groups in total. The predicted molar refractivity (Wildman–Crippen MR) is 48.8 cm³/mol. The lowest BCUT2D eigenvalue weighted by atomic mass is 10.2. The first-order valence-corrected chi connectivity index (χ1v) is 4.11. The van der Waals surface area contributed by atoms with Gasteiger partial charge >= 0.3 is 0 Å². The Morgan fingerprint density at radius 3 is 3.08 bits per heavy atom. The van der Waals surface area contributed by atoms with Crippen LogP contribution in [0.4, 0.5) is 5.82 Å². The van der Waals surface area contributed by atoms with E-state index in [0.717, 1.165) is 19.6 Å². The Morgan fingerprint density at radius 1 is 1.58 bits per heavy atom. The fraction of sp³-hybridized carbons (Fsp3) is 0.444. The van der Waals surface area contributed by atoms with E-state index in [2.05, 4.69) is 4.98 Å². The Kier molecular flexibility index (Phi) is 3.54. The number of anilines is 1. The molecule has 0 unspecified atom stereocenters. The first kappa shape index (κ1) is 9.00. The van der Waals surface area contributed by atoms with Gasteiger partial charge in [-0.3, -0.25) is 0 Å². The van der Waals surface area contributed by atoms with Gasteiger partial charge in [0.05, 0.1) is 6.61 Å². The van der Waals surface area contributed by atoms with Gasteiger partial charge in [0, 0.05) is 12.8 Å². The van der Waals surface area contributed by atoms with Crippen LogP contribution in [0.15, 0.2) is 18.3 Å². The number of nitrogens with zero attached hydrogens (tertiary/aromatic N) is 1. The Morgan fingerprint density at radius 2 is 2.42 bits per heavy atom. The molecule has 0 fully saturated rings. The van der Waals surface area contributed by atoms with Crippen molar-refractivity contribution in [2.24, 2.45) is 0 Å². The van der Waals surface area contributed by atoms with Crippen LogP contribution in [0.25, 0.3) is 0 Å². The maximum atomic E-state index is 5.51. The van der Waals surface area contributed by atoms with Crippen LogP contribution in [-0.2, 0) is 11.2 Å². The highest BCUT2D eigenvalue weighted by molar-refractivity contribution is 5.31. The largest absolute Gasteiger partial charge is 0.384 e. The van der Waals surface area contributed by atoms with Crippen LogP contribution in [0.2, 0.25) is 0 Å². The molecule has 0 amide bonds. The van der Waals surface area contributed by atoms with E-state index < -0.39 is 0 Å². The van der Waals surface area contributed by atoms with Crippen LogP contribution in [0, 0.1) is 0 Å². The third-order valence-corrected chi connectivity index (χ3v) is 1.58. The van der Waals surface area contributed by atoms with E-state index in [1.54, 1.807) is 6.20 Å². The van der Waals surface area contributed by atoms with Crippen molar-refractivity contribution < 1.29 is 4.74 Å². The molecule has 0 aromatic carbocycles. The maximum absolute atomic E-state index is 5.51. The smallest absolute Gasteiger partial charge is 0.123 e. The van der Waals surface area contributed by atoms with Crippen molar-refractivity contribution in [1.29, 1.82) is 0 Å². The van der Waals surface area contributed by atoms with Gasteiger partial charge in [0.15, 0.2) is 0 Å². The van der Waals surface area contributed by atoms with Gasteiger partial charge in [0.2, 0.25) is 0 Å². The Balaban J connectivity index is 2.41. The molecule has 1 aromatic rings. The molecule has 0 saturated carbocycles. The lowest BCUT2D eigenvalue weighted by Crippen LogP contribution is -1.99. The van der Waals surface area contributed by atoms with Crippen LogP contribution in [0.3, 0.4) is 0 Å². The van der Waals surface area contributed by atoms with E-state index in [4.69, 9.17) is 10.5 Å². The molecule has 0 aliphatic carbocycles. The maximum Gasteiger partial charge on any atom is 0.123 e. The van der Waals surface area contributed by atoms with Crippen molar-refractivity contribution >= 4 is 5.82 Å². The molecule has 66 valence electrons. The normalized spacial score (nSPS) is 10.1. The summed E-state index contributed by atoms with van der Waals surface area (Å²) in [5, 5.41) is 0. The molecule has 0 aliphatic rings. The van der Waals surface area contributed by atoms with Gasteiger partial charge < -0.3 is 10.5 Å². The number of ether oxygens (including phenoxy) is 1. The SMILES string of the molecule is CCOCCc1ccnc(N)c1. The average Bonchev–Trinajstić information content (AvgIpc) is 2.05. The van der Waals surface area contributed by atoms with Gasteiger partial charge in [0.1, 0.15) is 5.82 Å². The highest BCUT2D eigenvalue weighted by atomic mass is 16.5. The average molecular weight is 166 g/mol. The van der Waals surface area contributed by atoms with E-state index in [1.165, 1.54) is 5.56 Å². The molecule has 1 aromatic heterocycles. The van der Waals surface area contributed by atoms with E-state index in [-0.39, 0.29) is 0 Å². The third kappa shape index (κ3) is 2.88. The Bertz CT molecular complexity index is 238. The molecule has 1 heterocycles. The molecule has 3 heteroatoms. The fourth-order valence-electron chi connectivity index (χ4n) is 0.984. The Hall–Kier alpha value is -1.09. The molecular weight excluding hydrogens is 152 g/mol. The van der Waals surface area contributed by atoms with Gasteiger partial charge in [-0.1, -0.05) is 0 Å². The zero-order valence-corrected chi connectivity index (χ0v) is 7.29. The number of aromatic nitrogens is 1. The number of hydrogen-bond acceptors (Lipinski definition) is 3. The molecule has 1 rings (SSSR count). The molecule has 3 nitrogen and oxygen atoms in total. The molecule has 0 aliphatic heterocycles. The van der Waals surface area contributed by atoms with Crippen LogP contribution in [0.1, 0.15) is 12.5 Å². The molecule has 0 bridgehead atoms. The number of pyridine rings is 1. The van der Waals surface area contributed by atoms with Gasteiger partial charge in [-0.25, -0.2) is 4.98 Å². The summed E-state index contributed by atoms with van der Waals surface area (Å²) >= 11 is 0. The number of nitrogens with two attached hydrogens (primary N) is 1. The standard InChI is InChI=1S/C9H14N2O/c1-2-12-6-4-8-3-5-11-9(10)7-8/h3,5,7H,2,4,6H2,1H3,(H2,10,11). The second-order valence-corrected chi connectivity index (χ2v) is 2.54. The number of rotatable bonds is 4. The quantitative estimate of drug-likeness (QED) is 0.685. The van der Waals surface area contributed by atoms with E-state index in [1.807, 2.05) is 19.1 Å². The van der Waals surface area contributed by atoms with Gasteiger partial charge in [-0.15, -0.1) is 0 Å². The predicted octanol–water partition coefficient (Wildman–Crippen LogP) is 1.24. The van der Waals surface area contributed by atoms with Crippen molar-refractivity contribution in [3.63, 3.8) is 0 Å². The molecule has 0 atom stereocenters. The third-order valence-electron chi connectivity index (χ3n) is 1.58. The minimum atomic E-state index is 0.573. The summed E-state index contributed by atoms with van der Waals surface area (Å²) in [5.74, 6) is 0.573. The van der Waals surface area contributed by atoms with E-state index in [9.17, 15) is 0 Å². The minimum Gasteiger partial charge on any atom is -0.384 e. The fourth-order valence-corrected chi connectivity index (χ4v) is 0.984. The summed E-state index contributed by atoms with van der Waals surface area (Å²) in [4.78, 5) is 3.91. The van der Waals surface area contributed by atoms with Gasteiger partial charge in [-0.2, -0.15) is 0 Å². The van der Waals surface area contributed by atoms with Crippen LogP contribution in [-0.4, -0.2) is 18.2 Å². The zero-order valence-electron chi connectivity index (χ0n) is 7.29.